The van der Waals surface area contributed by atoms with Gasteiger partial charge in [-0.2, -0.15) is 0 Å². The number of hydrogen-bond donors (Lipinski definition) is 1. The molecule has 71 valence electrons. The van der Waals surface area contributed by atoms with Crippen LogP contribution in [0.4, 0.5) is 10.1 Å². The number of halogens is 1. The van der Waals surface area contributed by atoms with E-state index in [4.69, 9.17) is 10.2 Å². The zero-order chi connectivity index (χ0) is 9.84. The lowest BCUT2D eigenvalue weighted by Crippen LogP contribution is -2.07. The van der Waals surface area contributed by atoms with Crippen molar-refractivity contribution in [3.63, 3.8) is 0 Å². The summed E-state index contributed by atoms with van der Waals surface area (Å²) in [6.07, 6.45) is 0. The molecule has 0 saturated heterocycles. The molecule has 0 amide bonds. The molecule has 0 spiro atoms. The first-order valence-electron chi connectivity index (χ1n) is 4.06. The van der Waals surface area contributed by atoms with Crippen LogP contribution < -0.4 is 5.73 Å². The van der Waals surface area contributed by atoms with E-state index in [-0.39, 0.29) is 11.5 Å². The van der Waals surface area contributed by atoms with Crippen LogP contribution in [0.2, 0.25) is 13.1 Å². The van der Waals surface area contributed by atoms with Crippen LogP contribution >= 0.6 is 0 Å². The quantitative estimate of drug-likeness (QED) is 0.597. The molecule has 1 aromatic carbocycles. The minimum atomic E-state index is -0.689. The summed E-state index contributed by atoms with van der Waals surface area (Å²) >= 11 is 0. The molecule has 2 nitrogen and oxygen atoms in total. The lowest BCUT2D eigenvalue weighted by Gasteiger charge is -2.06. The van der Waals surface area contributed by atoms with Crippen LogP contribution in [0.15, 0.2) is 18.2 Å². The third-order valence-corrected chi connectivity index (χ3v) is 2.31. The van der Waals surface area contributed by atoms with Crippen molar-refractivity contribution in [2.45, 2.75) is 19.7 Å². The number of hydrogen-bond acceptors (Lipinski definition) is 2. The molecule has 0 atom stereocenters. The van der Waals surface area contributed by atoms with E-state index in [0.29, 0.717) is 6.61 Å². The fourth-order valence-electron chi connectivity index (χ4n) is 0.911. The number of nitrogens with two attached hydrogens (primary N) is 1. The third-order valence-electron chi connectivity index (χ3n) is 1.59. The summed E-state index contributed by atoms with van der Waals surface area (Å²) in [7, 11) is -0.689. The van der Waals surface area contributed by atoms with Crippen molar-refractivity contribution in [2.24, 2.45) is 0 Å². The monoisotopic (exact) mass is 198 g/mol. The fourth-order valence-corrected chi connectivity index (χ4v) is 1.37. The summed E-state index contributed by atoms with van der Waals surface area (Å²) in [5.74, 6) is -0.373. The predicted molar refractivity (Wildman–Crippen MR) is 53.1 cm³/mol. The Morgan fingerprint density at radius 2 is 2.15 bits per heavy atom. The van der Waals surface area contributed by atoms with Gasteiger partial charge >= 0.3 is 0 Å². The second-order valence-electron chi connectivity index (χ2n) is 3.05. The van der Waals surface area contributed by atoms with E-state index in [1.165, 1.54) is 6.07 Å². The lowest BCUT2D eigenvalue weighted by atomic mass is 10.2. The van der Waals surface area contributed by atoms with Crippen molar-refractivity contribution >= 4 is 14.7 Å². The van der Waals surface area contributed by atoms with E-state index >= 15 is 0 Å². The van der Waals surface area contributed by atoms with Gasteiger partial charge in [0.1, 0.15) is 5.82 Å². The summed E-state index contributed by atoms with van der Waals surface area (Å²) < 4.78 is 18.2. The van der Waals surface area contributed by atoms with Gasteiger partial charge in [-0.1, -0.05) is 6.07 Å². The van der Waals surface area contributed by atoms with Crippen molar-refractivity contribution < 1.29 is 8.82 Å². The van der Waals surface area contributed by atoms with Crippen molar-refractivity contribution in [3.05, 3.63) is 29.6 Å². The molecule has 0 unspecified atom stereocenters. The van der Waals surface area contributed by atoms with Crippen LogP contribution in [0.5, 0.6) is 0 Å². The zero-order valence-corrected chi connectivity index (χ0v) is 8.80. The Morgan fingerprint density at radius 1 is 1.46 bits per heavy atom. The first kappa shape index (κ1) is 10.2. The Hall–Kier alpha value is -0.873. The van der Waals surface area contributed by atoms with E-state index in [9.17, 15) is 4.39 Å². The first-order valence-corrected chi connectivity index (χ1v) is 6.47. The molecular weight excluding hydrogens is 185 g/mol. The molecular formula is C9H13FNOSi. The Balaban J connectivity index is 2.63. The second kappa shape index (κ2) is 4.39. The van der Waals surface area contributed by atoms with Gasteiger partial charge in [-0.15, -0.1) is 0 Å². The van der Waals surface area contributed by atoms with Gasteiger partial charge in [0, 0.05) is 0 Å². The number of rotatable bonds is 3. The molecule has 0 fully saturated rings. The Morgan fingerprint density at radius 3 is 2.69 bits per heavy atom. The lowest BCUT2D eigenvalue weighted by molar-refractivity contribution is 0.314. The van der Waals surface area contributed by atoms with Crippen molar-refractivity contribution in [1.29, 1.82) is 0 Å². The molecule has 2 N–H and O–H groups in total. The van der Waals surface area contributed by atoms with E-state index in [1.807, 2.05) is 0 Å². The minimum Gasteiger partial charge on any atom is -0.413 e. The van der Waals surface area contributed by atoms with E-state index < -0.39 is 9.04 Å². The average Bonchev–Trinajstić information content (AvgIpc) is 2.07. The summed E-state index contributed by atoms with van der Waals surface area (Å²) in [5, 5.41) is 0. The highest BCUT2D eigenvalue weighted by Crippen LogP contribution is 2.13. The maximum absolute atomic E-state index is 12.7. The number of nitrogen functional groups attached to an aromatic ring is 1. The van der Waals surface area contributed by atoms with E-state index in [0.717, 1.165) is 5.56 Å². The normalized spacial score (nSPS) is 10.8. The van der Waals surface area contributed by atoms with E-state index in [1.54, 1.807) is 12.1 Å². The first-order chi connectivity index (χ1) is 6.09. The smallest absolute Gasteiger partial charge is 0.205 e. The molecule has 0 aliphatic carbocycles. The van der Waals surface area contributed by atoms with Gasteiger partial charge in [-0.05, 0) is 30.8 Å². The average molecular weight is 198 g/mol. The molecule has 4 heteroatoms. The van der Waals surface area contributed by atoms with Gasteiger partial charge < -0.3 is 10.2 Å². The van der Waals surface area contributed by atoms with Crippen LogP contribution in [0.3, 0.4) is 0 Å². The molecule has 0 saturated carbocycles. The summed E-state index contributed by atoms with van der Waals surface area (Å²) in [6, 6.07) is 4.67. The van der Waals surface area contributed by atoms with Crippen molar-refractivity contribution in [3.8, 4) is 0 Å². The van der Waals surface area contributed by atoms with Crippen molar-refractivity contribution in [2.75, 3.05) is 5.73 Å². The van der Waals surface area contributed by atoms with Gasteiger partial charge in [0.25, 0.3) is 0 Å². The van der Waals surface area contributed by atoms with Gasteiger partial charge in [-0.3, -0.25) is 0 Å². The maximum atomic E-state index is 12.7. The summed E-state index contributed by atoms with van der Waals surface area (Å²) in [5.41, 5.74) is 6.51. The molecule has 0 bridgehead atoms. The van der Waals surface area contributed by atoms with Crippen LogP contribution in [0, 0.1) is 5.82 Å². The van der Waals surface area contributed by atoms with E-state index in [2.05, 4.69) is 13.1 Å². The number of anilines is 1. The van der Waals surface area contributed by atoms with Crippen LogP contribution in [-0.2, 0) is 11.0 Å². The highest BCUT2D eigenvalue weighted by molar-refractivity contribution is 6.48. The second-order valence-corrected chi connectivity index (χ2v) is 5.16. The van der Waals surface area contributed by atoms with Gasteiger partial charge in [-0.25, -0.2) is 4.39 Å². The molecule has 1 rings (SSSR count). The summed E-state index contributed by atoms with van der Waals surface area (Å²) in [6.45, 7) is 4.63. The highest BCUT2D eigenvalue weighted by Gasteiger charge is 2.01. The van der Waals surface area contributed by atoms with Gasteiger partial charge in [0.2, 0.25) is 9.04 Å². The van der Waals surface area contributed by atoms with Gasteiger partial charge in [0.15, 0.2) is 0 Å². The minimum absolute atomic E-state index is 0.182. The highest BCUT2D eigenvalue weighted by atomic mass is 28.3. The molecule has 0 aliphatic rings. The van der Waals surface area contributed by atoms with Crippen LogP contribution in [0.1, 0.15) is 5.56 Å². The van der Waals surface area contributed by atoms with Gasteiger partial charge in [0.05, 0.1) is 12.3 Å². The standard InChI is InChI=1S/C9H13FNOSi/c1-13(2)12-6-7-3-4-8(10)9(11)5-7/h3-5H,6,11H2,1-2H3. The molecule has 1 radical (unpaired) electrons. The molecule has 1 aromatic rings. The fraction of sp³-hybridized carbons (Fsp3) is 0.333. The largest absolute Gasteiger partial charge is 0.413 e. The Labute approximate surface area is 79.2 Å². The van der Waals surface area contributed by atoms with Crippen LogP contribution in [0.25, 0.3) is 0 Å². The maximum Gasteiger partial charge on any atom is 0.205 e. The molecule has 0 heterocycles. The third kappa shape index (κ3) is 3.16. The SMILES string of the molecule is C[Si](C)OCc1ccc(F)c(N)c1. The summed E-state index contributed by atoms with van der Waals surface area (Å²) in [4.78, 5) is 0. The Kier molecular flexibility index (Phi) is 3.45. The number of benzene rings is 1. The molecule has 13 heavy (non-hydrogen) atoms. The predicted octanol–water partition coefficient (Wildman–Crippen LogP) is 2.18. The zero-order valence-electron chi connectivity index (χ0n) is 7.80. The topological polar surface area (TPSA) is 35.2 Å². The van der Waals surface area contributed by atoms with Crippen molar-refractivity contribution in [1.82, 2.24) is 0 Å². The Bertz CT molecular complexity index is 291. The van der Waals surface area contributed by atoms with Crippen LogP contribution in [-0.4, -0.2) is 9.04 Å². The molecule has 0 aromatic heterocycles. The molecule has 0 aliphatic heterocycles.